The maximum atomic E-state index is 10.9. The van der Waals surface area contributed by atoms with Crippen molar-refractivity contribution in [3.63, 3.8) is 0 Å². The number of carbonyl (C=O) groups is 1. The average Bonchev–Trinajstić information content (AvgIpc) is 2.41. The van der Waals surface area contributed by atoms with Gasteiger partial charge in [-0.15, -0.1) is 11.3 Å². The van der Waals surface area contributed by atoms with Crippen LogP contribution >= 0.6 is 11.3 Å². The highest BCUT2D eigenvalue weighted by atomic mass is 32.1. The first-order valence-corrected chi connectivity index (χ1v) is 4.08. The molecule has 0 bridgehead atoms. The van der Waals surface area contributed by atoms with Crippen molar-refractivity contribution >= 4 is 22.0 Å². The van der Waals surface area contributed by atoms with Crippen LogP contribution in [-0.2, 0) is 0 Å². The van der Waals surface area contributed by atoms with Gasteiger partial charge in [-0.2, -0.15) is 0 Å². The van der Waals surface area contributed by atoms with E-state index in [0.717, 1.165) is 4.83 Å². The zero-order chi connectivity index (χ0) is 7.84. The van der Waals surface area contributed by atoms with E-state index in [-0.39, 0.29) is 5.78 Å². The number of ketones is 1. The van der Waals surface area contributed by atoms with E-state index in [9.17, 15) is 4.79 Å². The van der Waals surface area contributed by atoms with Crippen LogP contribution < -0.4 is 0 Å². The van der Waals surface area contributed by atoms with Gasteiger partial charge in [-0.25, -0.2) is 4.98 Å². The Morgan fingerprint density at radius 1 is 1.73 bits per heavy atom. The summed E-state index contributed by atoms with van der Waals surface area (Å²) < 4.78 is 1.85. The molecule has 0 fully saturated rings. The lowest BCUT2D eigenvalue weighted by Crippen LogP contribution is -1.90. The number of hydrogen-bond acceptors (Lipinski definition) is 3. The maximum Gasteiger partial charge on any atom is 0.181 e. The highest BCUT2D eigenvalue weighted by molar-refractivity contribution is 7.15. The lowest BCUT2D eigenvalue weighted by molar-refractivity contribution is 0.101. The van der Waals surface area contributed by atoms with Crippen LogP contribution in [0.5, 0.6) is 0 Å². The van der Waals surface area contributed by atoms with Gasteiger partial charge in [0.2, 0.25) is 0 Å². The molecule has 0 aromatic carbocycles. The lowest BCUT2D eigenvalue weighted by atomic mass is 10.3. The highest BCUT2D eigenvalue weighted by Gasteiger charge is 2.08. The van der Waals surface area contributed by atoms with Crippen molar-refractivity contribution in [3.05, 3.63) is 23.6 Å². The summed E-state index contributed by atoms with van der Waals surface area (Å²) in [5.74, 6) is 0.0231. The van der Waals surface area contributed by atoms with E-state index >= 15 is 0 Å². The second-order valence-electron chi connectivity index (χ2n) is 2.26. The summed E-state index contributed by atoms with van der Waals surface area (Å²) in [7, 11) is 0. The van der Waals surface area contributed by atoms with E-state index in [1.165, 1.54) is 18.3 Å². The molecule has 0 radical (unpaired) electrons. The summed E-state index contributed by atoms with van der Waals surface area (Å²) in [5.41, 5.74) is 0.569. The second-order valence-corrected chi connectivity index (χ2v) is 3.16. The quantitative estimate of drug-likeness (QED) is 0.603. The van der Waals surface area contributed by atoms with Gasteiger partial charge in [-0.3, -0.25) is 9.20 Å². The number of hydrogen-bond donors (Lipinski definition) is 0. The first-order chi connectivity index (χ1) is 5.29. The van der Waals surface area contributed by atoms with E-state index in [4.69, 9.17) is 0 Å². The summed E-state index contributed by atoms with van der Waals surface area (Å²) in [5, 5.41) is 1.93. The lowest BCUT2D eigenvalue weighted by Gasteiger charge is -1.83. The number of fused-ring (bicyclic) bond motifs is 1. The predicted octanol–water partition coefficient (Wildman–Crippen LogP) is 1.60. The number of carbonyl (C=O) groups excluding carboxylic acids is 1. The van der Waals surface area contributed by atoms with Crippen LogP contribution in [0.3, 0.4) is 0 Å². The molecule has 0 aliphatic heterocycles. The highest BCUT2D eigenvalue weighted by Crippen LogP contribution is 2.15. The molecular weight excluding hydrogens is 160 g/mol. The molecule has 0 aliphatic rings. The minimum Gasteiger partial charge on any atom is -0.296 e. The molecule has 2 rings (SSSR count). The van der Waals surface area contributed by atoms with Crippen molar-refractivity contribution in [2.75, 3.05) is 0 Å². The third-order valence-corrected chi connectivity index (χ3v) is 2.37. The molecule has 2 aromatic rings. The minimum atomic E-state index is 0.0231. The Morgan fingerprint density at radius 3 is 3.27 bits per heavy atom. The van der Waals surface area contributed by atoms with Crippen molar-refractivity contribution < 1.29 is 4.79 Å². The van der Waals surface area contributed by atoms with Crippen LogP contribution in [0.1, 0.15) is 17.4 Å². The van der Waals surface area contributed by atoms with E-state index in [1.807, 2.05) is 16.0 Å². The molecule has 56 valence electrons. The summed E-state index contributed by atoms with van der Waals surface area (Å²) >= 11 is 1.53. The third-order valence-electron chi connectivity index (χ3n) is 1.48. The van der Waals surface area contributed by atoms with Gasteiger partial charge in [0, 0.05) is 18.5 Å². The summed E-state index contributed by atoms with van der Waals surface area (Å²) in [4.78, 5) is 15.9. The fraction of sp³-hybridized carbons (Fsp3) is 0.143. The van der Waals surface area contributed by atoms with Gasteiger partial charge in [0.05, 0.1) is 0 Å². The van der Waals surface area contributed by atoms with Crippen molar-refractivity contribution in [2.24, 2.45) is 0 Å². The standard InChI is InChI=1S/C7H6N2OS/c1-5(10)6-7-9(4-8-6)2-3-11-7/h2-4H,1H3. The topological polar surface area (TPSA) is 34.4 Å². The molecule has 2 aromatic heterocycles. The van der Waals surface area contributed by atoms with Crippen LogP contribution in [0.4, 0.5) is 0 Å². The van der Waals surface area contributed by atoms with Crippen molar-refractivity contribution in [2.45, 2.75) is 6.92 Å². The first-order valence-electron chi connectivity index (χ1n) is 3.20. The van der Waals surface area contributed by atoms with Gasteiger partial charge in [0.25, 0.3) is 0 Å². The van der Waals surface area contributed by atoms with Crippen LogP contribution in [0, 0.1) is 0 Å². The Labute approximate surface area is 67.3 Å². The Hall–Kier alpha value is -1.16. The van der Waals surface area contributed by atoms with E-state index in [0.29, 0.717) is 5.69 Å². The molecule has 4 heteroatoms. The molecule has 2 heterocycles. The molecule has 3 nitrogen and oxygen atoms in total. The van der Waals surface area contributed by atoms with Crippen LogP contribution in [0.25, 0.3) is 4.83 Å². The molecule has 11 heavy (non-hydrogen) atoms. The summed E-state index contributed by atoms with van der Waals surface area (Å²) in [6.07, 6.45) is 3.54. The van der Waals surface area contributed by atoms with Crippen LogP contribution in [-0.4, -0.2) is 15.2 Å². The Bertz CT molecular complexity index is 401. The molecule has 0 amide bonds. The minimum absolute atomic E-state index is 0.0231. The number of Topliss-reactive ketones (excluding diaryl/α,β-unsaturated/α-hetero) is 1. The fourth-order valence-electron chi connectivity index (χ4n) is 0.975. The number of aromatic nitrogens is 2. The van der Waals surface area contributed by atoms with Crippen LogP contribution in [0.15, 0.2) is 17.9 Å². The molecule has 0 spiro atoms. The number of rotatable bonds is 1. The van der Waals surface area contributed by atoms with Crippen molar-refractivity contribution in [1.82, 2.24) is 9.38 Å². The van der Waals surface area contributed by atoms with Crippen molar-refractivity contribution in [3.8, 4) is 0 Å². The number of nitrogens with zero attached hydrogens (tertiary/aromatic N) is 2. The number of thiazole rings is 1. The maximum absolute atomic E-state index is 10.9. The Balaban J connectivity index is 2.78. The van der Waals surface area contributed by atoms with Gasteiger partial charge < -0.3 is 0 Å². The average molecular weight is 166 g/mol. The molecule has 0 saturated carbocycles. The fourth-order valence-corrected chi connectivity index (χ4v) is 1.83. The van der Waals surface area contributed by atoms with E-state index < -0.39 is 0 Å². The first kappa shape index (κ1) is 6.54. The predicted molar refractivity (Wildman–Crippen MR) is 43.1 cm³/mol. The molecule has 0 saturated heterocycles. The van der Waals surface area contributed by atoms with Crippen LogP contribution in [0.2, 0.25) is 0 Å². The number of imidazole rings is 1. The second kappa shape index (κ2) is 2.17. The normalized spacial score (nSPS) is 10.6. The molecule has 0 unspecified atom stereocenters. The van der Waals surface area contributed by atoms with Gasteiger partial charge >= 0.3 is 0 Å². The molecule has 0 N–H and O–H groups in total. The summed E-state index contributed by atoms with van der Waals surface area (Å²) in [6.45, 7) is 1.53. The zero-order valence-electron chi connectivity index (χ0n) is 5.94. The van der Waals surface area contributed by atoms with Gasteiger partial charge in [0.15, 0.2) is 5.78 Å². The van der Waals surface area contributed by atoms with Gasteiger partial charge in [-0.1, -0.05) is 0 Å². The Kier molecular flexibility index (Phi) is 1.29. The third kappa shape index (κ3) is 0.867. The SMILES string of the molecule is CC(=O)c1ncn2ccsc12. The summed E-state index contributed by atoms with van der Waals surface area (Å²) in [6, 6.07) is 0. The Morgan fingerprint density at radius 2 is 2.55 bits per heavy atom. The molecule has 0 aliphatic carbocycles. The van der Waals surface area contributed by atoms with E-state index in [2.05, 4.69) is 4.98 Å². The van der Waals surface area contributed by atoms with Gasteiger partial charge in [0.1, 0.15) is 16.9 Å². The molecule has 0 atom stereocenters. The monoisotopic (exact) mass is 166 g/mol. The van der Waals surface area contributed by atoms with Crippen molar-refractivity contribution in [1.29, 1.82) is 0 Å². The van der Waals surface area contributed by atoms with Gasteiger partial charge in [-0.05, 0) is 0 Å². The smallest absolute Gasteiger partial charge is 0.181 e. The molecular formula is C7H6N2OS. The van der Waals surface area contributed by atoms with E-state index in [1.54, 1.807) is 6.33 Å². The zero-order valence-corrected chi connectivity index (χ0v) is 6.76. The largest absolute Gasteiger partial charge is 0.296 e.